The molecule has 21 heavy (non-hydrogen) atoms. The Morgan fingerprint density at radius 1 is 1.19 bits per heavy atom. The van der Waals surface area contributed by atoms with Crippen molar-refractivity contribution in [2.45, 2.75) is 45.2 Å². The summed E-state index contributed by atoms with van der Waals surface area (Å²) in [5.74, 6) is 0.950. The van der Waals surface area contributed by atoms with E-state index in [1.807, 2.05) is 27.7 Å². The van der Waals surface area contributed by atoms with E-state index in [0.717, 1.165) is 5.56 Å². The normalized spacial score (nSPS) is 12.1. The number of nitrogens with one attached hydrogen (secondary N) is 2. The molecule has 0 atom stereocenters. The zero-order valence-electron chi connectivity index (χ0n) is 13.4. The fraction of sp³-hybridized carbons (Fsp3) is 0.600. The summed E-state index contributed by atoms with van der Waals surface area (Å²) in [5, 5.41) is 3.27. The van der Waals surface area contributed by atoms with Crippen molar-refractivity contribution in [3.8, 4) is 5.75 Å². The summed E-state index contributed by atoms with van der Waals surface area (Å²) >= 11 is 0. The highest BCUT2D eigenvalue weighted by molar-refractivity contribution is 7.89. The molecule has 0 saturated carbocycles. The van der Waals surface area contributed by atoms with Crippen LogP contribution in [0.25, 0.3) is 0 Å². The maximum atomic E-state index is 12.3. The number of hydrogen-bond acceptors (Lipinski definition) is 4. The first kappa shape index (κ1) is 17.9. The molecule has 0 saturated heterocycles. The van der Waals surface area contributed by atoms with Crippen molar-refractivity contribution in [3.63, 3.8) is 0 Å². The fourth-order valence-corrected chi connectivity index (χ4v) is 3.00. The van der Waals surface area contributed by atoms with Crippen molar-refractivity contribution in [1.29, 1.82) is 0 Å². The lowest BCUT2D eigenvalue weighted by Gasteiger charge is -2.14. The van der Waals surface area contributed by atoms with Crippen molar-refractivity contribution in [1.82, 2.24) is 10.0 Å². The van der Waals surface area contributed by atoms with Gasteiger partial charge in [0.2, 0.25) is 10.0 Å². The minimum absolute atomic E-state index is 0.264. The molecule has 0 amide bonds. The lowest BCUT2D eigenvalue weighted by Crippen LogP contribution is -2.28. The van der Waals surface area contributed by atoms with Crippen molar-refractivity contribution in [2.24, 2.45) is 5.92 Å². The minimum Gasteiger partial charge on any atom is -0.496 e. The first-order valence-electron chi connectivity index (χ1n) is 7.16. The van der Waals surface area contributed by atoms with Crippen molar-refractivity contribution in [3.05, 3.63) is 23.8 Å². The summed E-state index contributed by atoms with van der Waals surface area (Å²) in [6, 6.07) is 5.24. The van der Waals surface area contributed by atoms with Crippen LogP contribution in [0.3, 0.4) is 0 Å². The van der Waals surface area contributed by atoms with Crippen LogP contribution >= 0.6 is 0 Å². The van der Waals surface area contributed by atoms with E-state index < -0.39 is 10.0 Å². The molecule has 120 valence electrons. The molecule has 0 radical (unpaired) electrons. The Bertz CT molecular complexity index is 554. The molecule has 6 heteroatoms. The first-order valence-corrected chi connectivity index (χ1v) is 8.64. The number of hydrogen-bond donors (Lipinski definition) is 2. The standard InChI is InChI=1S/C15H26N2O3S/c1-11(2)9-17-21(18,19)14-6-7-15(20-5)13(8-14)10-16-12(3)4/h6-8,11-12,16-17H,9-10H2,1-5H3. The third-order valence-corrected chi connectivity index (χ3v) is 4.37. The maximum absolute atomic E-state index is 12.3. The van der Waals surface area contributed by atoms with Gasteiger partial charge in [0.25, 0.3) is 0 Å². The van der Waals surface area contributed by atoms with E-state index in [1.54, 1.807) is 25.3 Å². The average molecular weight is 314 g/mol. The SMILES string of the molecule is COc1ccc(S(=O)(=O)NCC(C)C)cc1CNC(C)C. The summed E-state index contributed by atoms with van der Waals surface area (Å²) < 4.78 is 32.4. The van der Waals surface area contributed by atoms with Crippen LogP contribution < -0.4 is 14.8 Å². The molecular weight excluding hydrogens is 288 g/mol. The van der Waals surface area contributed by atoms with E-state index in [-0.39, 0.29) is 10.8 Å². The second-order valence-corrected chi connectivity index (χ2v) is 7.52. The number of ether oxygens (including phenoxy) is 1. The Kier molecular flexibility index (Phi) is 6.64. The number of benzene rings is 1. The van der Waals surface area contributed by atoms with Gasteiger partial charge in [0, 0.05) is 24.7 Å². The largest absolute Gasteiger partial charge is 0.496 e. The summed E-state index contributed by atoms with van der Waals surface area (Å²) in [5.41, 5.74) is 0.832. The van der Waals surface area contributed by atoms with Crippen molar-refractivity contribution in [2.75, 3.05) is 13.7 Å². The van der Waals surface area contributed by atoms with Gasteiger partial charge in [-0.05, 0) is 24.1 Å². The van der Waals surface area contributed by atoms with E-state index >= 15 is 0 Å². The molecule has 0 bridgehead atoms. The molecule has 0 aromatic heterocycles. The lowest BCUT2D eigenvalue weighted by atomic mass is 10.2. The van der Waals surface area contributed by atoms with Gasteiger partial charge in [0.15, 0.2) is 0 Å². The molecule has 0 spiro atoms. The quantitative estimate of drug-likeness (QED) is 0.771. The maximum Gasteiger partial charge on any atom is 0.240 e. The van der Waals surface area contributed by atoms with Gasteiger partial charge in [0.1, 0.15) is 5.75 Å². The van der Waals surface area contributed by atoms with E-state index in [9.17, 15) is 8.42 Å². The summed E-state index contributed by atoms with van der Waals surface area (Å²) in [7, 11) is -1.89. The molecule has 0 aliphatic carbocycles. The van der Waals surface area contributed by atoms with Crippen LogP contribution in [-0.4, -0.2) is 28.1 Å². The van der Waals surface area contributed by atoms with Crippen molar-refractivity contribution >= 4 is 10.0 Å². The van der Waals surface area contributed by atoms with Crippen LogP contribution in [0, 0.1) is 5.92 Å². The molecule has 0 heterocycles. The van der Waals surface area contributed by atoms with Crippen LogP contribution in [0.1, 0.15) is 33.3 Å². The molecule has 5 nitrogen and oxygen atoms in total. The van der Waals surface area contributed by atoms with Crippen LogP contribution in [0.2, 0.25) is 0 Å². The van der Waals surface area contributed by atoms with Gasteiger partial charge >= 0.3 is 0 Å². The fourth-order valence-electron chi connectivity index (χ4n) is 1.73. The third-order valence-electron chi connectivity index (χ3n) is 2.94. The number of methoxy groups -OCH3 is 1. The van der Waals surface area contributed by atoms with Gasteiger partial charge < -0.3 is 10.1 Å². The molecule has 0 unspecified atom stereocenters. The van der Waals surface area contributed by atoms with Gasteiger partial charge in [-0.15, -0.1) is 0 Å². The zero-order valence-corrected chi connectivity index (χ0v) is 14.3. The van der Waals surface area contributed by atoms with Crippen LogP contribution in [0.4, 0.5) is 0 Å². The lowest BCUT2D eigenvalue weighted by molar-refractivity contribution is 0.406. The predicted molar refractivity (Wildman–Crippen MR) is 85.0 cm³/mol. The second-order valence-electron chi connectivity index (χ2n) is 5.75. The van der Waals surface area contributed by atoms with E-state index in [1.165, 1.54) is 0 Å². The van der Waals surface area contributed by atoms with Gasteiger partial charge in [0.05, 0.1) is 12.0 Å². The Hall–Kier alpha value is -1.11. The van der Waals surface area contributed by atoms with E-state index in [4.69, 9.17) is 4.74 Å². The molecule has 1 aromatic rings. The average Bonchev–Trinajstić information content (AvgIpc) is 2.42. The second kappa shape index (κ2) is 7.77. The van der Waals surface area contributed by atoms with E-state index in [0.29, 0.717) is 24.9 Å². The third kappa shape index (κ3) is 5.65. The summed E-state index contributed by atoms with van der Waals surface area (Å²) in [4.78, 5) is 0.268. The summed E-state index contributed by atoms with van der Waals surface area (Å²) in [6.07, 6.45) is 0. The first-order chi connectivity index (χ1) is 9.76. The van der Waals surface area contributed by atoms with E-state index in [2.05, 4.69) is 10.0 Å². The summed E-state index contributed by atoms with van der Waals surface area (Å²) in [6.45, 7) is 9.00. The Labute approximate surface area is 128 Å². The van der Waals surface area contributed by atoms with Crippen LogP contribution in [0.5, 0.6) is 5.75 Å². The van der Waals surface area contributed by atoms with Gasteiger partial charge in [-0.2, -0.15) is 0 Å². The Morgan fingerprint density at radius 3 is 2.38 bits per heavy atom. The minimum atomic E-state index is -3.47. The van der Waals surface area contributed by atoms with Gasteiger partial charge in [-0.25, -0.2) is 13.1 Å². The topological polar surface area (TPSA) is 67.4 Å². The molecular formula is C15H26N2O3S. The highest BCUT2D eigenvalue weighted by Gasteiger charge is 2.16. The molecule has 1 aromatic carbocycles. The zero-order chi connectivity index (χ0) is 16.0. The molecule has 2 N–H and O–H groups in total. The molecule has 0 fully saturated rings. The molecule has 1 rings (SSSR count). The Balaban J connectivity index is 3.00. The van der Waals surface area contributed by atoms with Crippen LogP contribution in [0.15, 0.2) is 23.1 Å². The van der Waals surface area contributed by atoms with Gasteiger partial charge in [-0.3, -0.25) is 0 Å². The van der Waals surface area contributed by atoms with Gasteiger partial charge in [-0.1, -0.05) is 27.7 Å². The number of sulfonamides is 1. The smallest absolute Gasteiger partial charge is 0.240 e. The monoisotopic (exact) mass is 314 g/mol. The molecule has 0 aliphatic heterocycles. The highest BCUT2D eigenvalue weighted by Crippen LogP contribution is 2.22. The highest BCUT2D eigenvalue weighted by atomic mass is 32.2. The number of rotatable bonds is 8. The predicted octanol–water partition coefficient (Wildman–Crippen LogP) is 2.13. The Morgan fingerprint density at radius 2 is 1.86 bits per heavy atom. The molecule has 0 aliphatic rings. The van der Waals surface area contributed by atoms with Crippen molar-refractivity contribution < 1.29 is 13.2 Å². The van der Waals surface area contributed by atoms with Crippen LogP contribution in [-0.2, 0) is 16.6 Å².